The van der Waals surface area contributed by atoms with Crippen LogP contribution in [-0.2, 0) is 11.0 Å². The lowest BCUT2D eigenvalue weighted by molar-refractivity contribution is 0.639. The van der Waals surface area contributed by atoms with E-state index in [0.29, 0.717) is 0 Å². The number of hydrogen-bond acceptors (Lipinski definition) is 1. The van der Waals surface area contributed by atoms with E-state index < -0.39 is 5.54 Å². The van der Waals surface area contributed by atoms with Crippen LogP contribution < -0.4 is 0 Å². The zero-order chi connectivity index (χ0) is 21.5. The van der Waals surface area contributed by atoms with E-state index in [0.717, 1.165) is 16.3 Å². The van der Waals surface area contributed by atoms with E-state index in [-0.39, 0.29) is 5.41 Å². The summed E-state index contributed by atoms with van der Waals surface area (Å²) in [5.74, 6) is 0. The number of aliphatic imine (C=N–C) groups is 1. The molecular weight excluding hydrogens is 410 g/mol. The van der Waals surface area contributed by atoms with Crippen LogP contribution in [0.15, 0.2) is 108 Å². The van der Waals surface area contributed by atoms with Gasteiger partial charge in [0, 0.05) is 10.6 Å². The Bertz CT molecular complexity index is 1460. The normalized spacial score (nSPS) is 20.9. The largest absolute Gasteiger partial charge is 0.272 e. The summed E-state index contributed by atoms with van der Waals surface area (Å²) in [4.78, 5) is 5.51. The van der Waals surface area contributed by atoms with Crippen LogP contribution in [0.25, 0.3) is 16.7 Å². The molecule has 0 saturated carbocycles. The van der Waals surface area contributed by atoms with Crippen molar-refractivity contribution in [3.8, 4) is 11.1 Å². The van der Waals surface area contributed by atoms with E-state index in [2.05, 4.69) is 91.9 Å². The van der Waals surface area contributed by atoms with E-state index in [9.17, 15) is 0 Å². The molecule has 2 heteroatoms. The third-order valence-corrected chi connectivity index (χ3v) is 7.60. The second-order valence-electron chi connectivity index (χ2n) is 9.06. The second kappa shape index (κ2) is 6.09. The Morgan fingerprint density at radius 2 is 1.22 bits per heavy atom. The van der Waals surface area contributed by atoms with Crippen molar-refractivity contribution in [1.29, 1.82) is 0 Å². The SMILES string of the molecule is C[C@]1(c2cccc(Cl)c2)C=C2C(=N1)C1(c3ccccc32)c2ccccc2-c2ccccc21. The van der Waals surface area contributed by atoms with Gasteiger partial charge in [-0.3, -0.25) is 4.99 Å². The summed E-state index contributed by atoms with van der Waals surface area (Å²) in [7, 11) is 0. The smallest absolute Gasteiger partial charge is 0.102 e. The van der Waals surface area contributed by atoms with Gasteiger partial charge in [-0.1, -0.05) is 96.5 Å². The van der Waals surface area contributed by atoms with Gasteiger partial charge in [-0.2, -0.15) is 0 Å². The van der Waals surface area contributed by atoms with Gasteiger partial charge in [0.1, 0.15) is 5.54 Å². The zero-order valence-corrected chi connectivity index (χ0v) is 18.4. The van der Waals surface area contributed by atoms with Gasteiger partial charge in [-0.25, -0.2) is 0 Å². The van der Waals surface area contributed by atoms with Gasteiger partial charge in [0.25, 0.3) is 0 Å². The van der Waals surface area contributed by atoms with Crippen molar-refractivity contribution in [3.05, 3.63) is 136 Å². The van der Waals surface area contributed by atoms with E-state index in [4.69, 9.17) is 16.6 Å². The third kappa shape index (κ3) is 2.07. The number of rotatable bonds is 1. The highest BCUT2D eigenvalue weighted by atomic mass is 35.5. The maximum Gasteiger partial charge on any atom is 0.102 e. The molecule has 7 rings (SSSR count). The molecule has 1 atom stereocenters. The van der Waals surface area contributed by atoms with Crippen molar-refractivity contribution in [2.45, 2.75) is 17.9 Å². The van der Waals surface area contributed by atoms with Gasteiger partial charge in [0.15, 0.2) is 0 Å². The quantitative estimate of drug-likeness (QED) is 0.298. The molecule has 1 spiro atoms. The van der Waals surface area contributed by atoms with Crippen molar-refractivity contribution in [2.75, 3.05) is 0 Å². The molecule has 0 radical (unpaired) electrons. The predicted molar refractivity (Wildman–Crippen MR) is 132 cm³/mol. The first kappa shape index (κ1) is 18.2. The molecule has 1 aliphatic heterocycles. The van der Waals surface area contributed by atoms with Crippen LogP contribution in [0.4, 0.5) is 0 Å². The minimum absolute atomic E-state index is 0.383. The van der Waals surface area contributed by atoms with Crippen LogP contribution in [0.1, 0.15) is 34.7 Å². The Balaban J connectivity index is 1.61. The van der Waals surface area contributed by atoms with E-state index in [1.165, 1.54) is 39.0 Å². The molecule has 4 aromatic rings. The molecule has 0 unspecified atom stereocenters. The van der Waals surface area contributed by atoms with Crippen LogP contribution >= 0.6 is 11.6 Å². The Morgan fingerprint density at radius 1 is 0.656 bits per heavy atom. The van der Waals surface area contributed by atoms with Crippen LogP contribution in [0, 0.1) is 0 Å². The number of hydrogen-bond donors (Lipinski definition) is 0. The molecule has 32 heavy (non-hydrogen) atoms. The van der Waals surface area contributed by atoms with Crippen molar-refractivity contribution in [1.82, 2.24) is 0 Å². The minimum Gasteiger partial charge on any atom is -0.272 e. The Morgan fingerprint density at radius 3 is 1.84 bits per heavy atom. The van der Waals surface area contributed by atoms with E-state index >= 15 is 0 Å². The van der Waals surface area contributed by atoms with Gasteiger partial charge in [0.05, 0.1) is 11.1 Å². The maximum absolute atomic E-state index is 6.37. The Hall–Kier alpha value is -3.42. The molecule has 0 aromatic heterocycles. The fourth-order valence-electron chi connectivity index (χ4n) is 6.07. The maximum atomic E-state index is 6.37. The Kier molecular flexibility index (Phi) is 3.46. The average Bonchev–Trinajstić information content (AvgIpc) is 3.42. The number of benzene rings is 4. The van der Waals surface area contributed by atoms with Crippen LogP contribution in [-0.4, -0.2) is 5.71 Å². The summed E-state index contributed by atoms with van der Waals surface area (Å²) in [5, 5.41) is 0.742. The highest BCUT2D eigenvalue weighted by Crippen LogP contribution is 2.61. The Labute approximate surface area is 192 Å². The molecule has 2 aliphatic carbocycles. The van der Waals surface area contributed by atoms with Crippen LogP contribution in [0.3, 0.4) is 0 Å². The average molecular weight is 430 g/mol. The highest BCUT2D eigenvalue weighted by molar-refractivity contribution is 6.38. The molecule has 1 heterocycles. The number of allylic oxidation sites excluding steroid dienone is 1. The standard InChI is InChI=1S/C30H20ClN/c1-29(19-9-8-10-20(31)17-19)18-24-23-13-4-7-16-27(23)30(28(24)32-29)25-14-5-2-11-21(25)22-12-3-6-15-26(22)30/h2-18H,1H3/t29-/m1/s1. The molecule has 3 aliphatic rings. The third-order valence-electron chi connectivity index (χ3n) is 7.36. The summed E-state index contributed by atoms with van der Waals surface area (Å²) in [6.45, 7) is 2.19. The highest BCUT2D eigenvalue weighted by Gasteiger charge is 2.57. The van der Waals surface area contributed by atoms with E-state index in [1.807, 2.05) is 18.2 Å². The summed E-state index contributed by atoms with van der Waals surface area (Å²) >= 11 is 6.37. The van der Waals surface area contributed by atoms with Crippen molar-refractivity contribution >= 4 is 22.9 Å². The molecular formula is C30H20ClN. The lowest BCUT2D eigenvalue weighted by atomic mass is 9.72. The molecule has 0 bridgehead atoms. The van der Waals surface area contributed by atoms with Gasteiger partial charge in [-0.05, 0) is 64.1 Å². The first-order valence-corrected chi connectivity index (χ1v) is 11.4. The summed E-state index contributed by atoms with van der Waals surface area (Å²) in [6.07, 6.45) is 2.34. The van der Waals surface area contributed by atoms with Crippen molar-refractivity contribution in [2.24, 2.45) is 4.99 Å². The number of fused-ring (bicyclic) bond motifs is 10. The van der Waals surface area contributed by atoms with E-state index in [1.54, 1.807) is 0 Å². The van der Waals surface area contributed by atoms with Crippen molar-refractivity contribution in [3.63, 3.8) is 0 Å². The van der Waals surface area contributed by atoms with Gasteiger partial charge >= 0.3 is 0 Å². The van der Waals surface area contributed by atoms with Crippen molar-refractivity contribution < 1.29 is 0 Å². The monoisotopic (exact) mass is 429 g/mol. The second-order valence-corrected chi connectivity index (χ2v) is 9.50. The predicted octanol–water partition coefficient (Wildman–Crippen LogP) is 7.42. The number of nitrogens with zero attached hydrogens (tertiary/aromatic N) is 1. The lowest BCUT2D eigenvalue weighted by Crippen LogP contribution is -2.33. The van der Waals surface area contributed by atoms with Gasteiger partial charge < -0.3 is 0 Å². The molecule has 0 amide bonds. The number of halogens is 1. The summed E-state index contributed by atoms with van der Waals surface area (Å²) in [5.41, 5.74) is 10.5. The molecule has 1 nitrogen and oxygen atoms in total. The topological polar surface area (TPSA) is 12.4 Å². The first-order valence-electron chi connectivity index (χ1n) is 11.0. The molecule has 0 saturated heterocycles. The van der Waals surface area contributed by atoms with Gasteiger partial charge in [0.2, 0.25) is 0 Å². The van der Waals surface area contributed by atoms with Crippen LogP contribution in [0.2, 0.25) is 5.02 Å². The molecule has 0 fully saturated rings. The fraction of sp³-hybridized carbons (Fsp3) is 0.100. The summed E-state index contributed by atoms with van der Waals surface area (Å²) < 4.78 is 0. The van der Waals surface area contributed by atoms with Crippen LogP contribution in [0.5, 0.6) is 0 Å². The first-order chi connectivity index (χ1) is 15.6. The molecule has 0 N–H and O–H groups in total. The zero-order valence-electron chi connectivity index (χ0n) is 17.6. The molecule has 4 aromatic carbocycles. The minimum atomic E-state index is -0.456. The lowest BCUT2D eigenvalue weighted by Gasteiger charge is -2.30. The fourth-order valence-corrected chi connectivity index (χ4v) is 6.26. The van der Waals surface area contributed by atoms with Gasteiger partial charge in [-0.15, -0.1) is 0 Å². The molecule has 152 valence electrons. The summed E-state index contributed by atoms with van der Waals surface area (Å²) in [6, 6.07) is 34.6.